The molecule has 0 saturated carbocycles. The van der Waals surface area contributed by atoms with Crippen molar-refractivity contribution in [2.24, 2.45) is 7.05 Å². The molecule has 0 amide bonds. The molecular weight excluding hydrogens is 276 g/mol. The maximum absolute atomic E-state index is 13.5. The summed E-state index contributed by atoms with van der Waals surface area (Å²) in [4.78, 5) is 11.9. The molecule has 0 aliphatic rings. The molecule has 20 heavy (non-hydrogen) atoms. The molecule has 3 nitrogen and oxygen atoms in total. The molecule has 0 saturated heterocycles. The molecular formula is C13H10F4N2O. The van der Waals surface area contributed by atoms with Gasteiger partial charge in [-0.05, 0) is 24.3 Å². The Hall–Kier alpha value is -2.18. The minimum Gasteiger partial charge on any atom is -0.294 e. The quantitative estimate of drug-likeness (QED) is 0.642. The third kappa shape index (κ3) is 3.04. The van der Waals surface area contributed by atoms with Crippen LogP contribution in [0.1, 0.15) is 21.6 Å². The van der Waals surface area contributed by atoms with Crippen molar-refractivity contribution in [3.05, 3.63) is 53.1 Å². The predicted molar refractivity (Wildman–Crippen MR) is 62.6 cm³/mol. The fourth-order valence-corrected chi connectivity index (χ4v) is 1.73. The Labute approximate surface area is 111 Å². The van der Waals surface area contributed by atoms with Crippen molar-refractivity contribution < 1.29 is 22.4 Å². The number of halogens is 4. The minimum atomic E-state index is -4.62. The van der Waals surface area contributed by atoms with Crippen LogP contribution in [0.5, 0.6) is 0 Å². The van der Waals surface area contributed by atoms with Crippen molar-refractivity contribution in [1.29, 1.82) is 0 Å². The third-order valence-electron chi connectivity index (χ3n) is 2.70. The first-order valence-electron chi connectivity index (χ1n) is 5.66. The molecule has 1 heterocycles. The average Bonchev–Trinajstić information content (AvgIpc) is 2.73. The molecule has 0 N–H and O–H groups in total. The monoisotopic (exact) mass is 286 g/mol. The van der Waals surface area contributed by atoms with Crippen LogP contribution in [0.3, 0.4) is 0 Å². The van der Waals surface area contributed by atoms with E-state index >= 15 is 0 Å². The van der Waals surface area contributed by atoms with E-state index in [2.05, 4.69) is 5.10 Å². The SMILES string of the molecule is Cn1ccc(CC(=O)c2cc(C(F)(F)F)ccc2F)n1. The van der Waals surface area contributed by atoms with Crippen molar-refractivity contribution in [1.82, 2.24) is 9.78 Å². The lowest BCUT2D eigenvalue weighted by Gasteiger charge is -2.08. The van der Waals surface area contributed by atoms with E-state index in [4.69, 9.17) is 0 Å². The van der Waals surface area contributed by atoms with Crippen LogP contribution < -0.4 is 0 Å². The molecule has 0 radical (unpaired) electrons. The van der Waals surface area contributed by atoms with Crippen LogP contribution >= 0.6 is 0 Å². The zero-order valence-electron chi connectivity index (χ0n) is 10.4. The Bertz CT molecular complexity index is 646. The van der Waals surface area contributed by atoms with Gasteiger partial charge in [0.2, 0.25) is 0 Å². The normalized spacial score (nSPS) is 11.7. The van der Waals surface area contributed by atoms with Crippen LogP contribution in [0.2, 0.25) is 0 Å². The Kier molecular flexibility index (Phi) is 3.61. The van der Waals surface area contributed by atoms with Crippen LogP contribution in [0, 0.1) is 5.82 Å². The lowest BCUT2D eigenvalue weighted by atomic mass is 10.0. The van der Waals surface area contributed by atoms with Crippen LogP contribution in [-0.2, 0) is 19.6 Å². The first-order valence-corrected chi connectivity index (χ1v) is 5.66. The smallest absolute Gasteiger partial charge is 0.294 e. The molecule has 1 aromatic carbocycles. The summed E-state index contributed by atoms with van der Waals surface area (Å²) in [5, 5.41) is 3.93. The van der Waals surface area contributed by atoms with Gasteiger partial charge in [0.05, 0.1) is 23.2 Å². The zero-order valence-corrected chi connectivity index (χ0v) is 10.4. The number of aromatic nitrogens is 2. The van der Waals surface area contributed by atoms with Gasteiger partial charge in [-0.1, -0.05) is 0 Å². The van der Waals surface area contributed by atoms with Gasteiger partial charge in [-0.15, -0.1) is 0 Å². The standard InChI is InChI=1S/C13H10F4N2O/c1-19-5-4-9(18-19)7-12(20)10-6-8(13(15,16)17)2-3-11(10)14/h2-6H,7H2,1H3. The minimum absolute atomic E-state index is 0.251. The Morgan fingerprint density at radius 3 is 2.55 bits per heavy atom. The van der Waals surface area contributed by atoms with Crippen LogP contribution in [-0.4, -0.2) is 15.6 Å². The van der Waals surface area contributed by atoms with Gasteiger partial charge < -0.3 is 0 Å². The highest BCUT2D eigenvalue weighted by molar-refractivity contribution is 5.97. The number of carbonyl (C=O) groups excluding carboxylic acids is 1. The molecule has 0 aliphatic carbocycles. The van der Waals surface area contributed by atoms with Crippen LogP contribution in [0.25, 0.3) is 0 Å². The van der Waals surface area contributed by atoms with Crippen LogP contribution in [0.4, 0.5) is 17.6 Å². The first-order chi connectivity index (χ1) is 9.27. The van der Waals surface area contributed by atoms with E-state index < -0.39 is 28.9 Å². The zero-order chi connectivity index (χ0) is 14.9. The highest BCUT2D eigenvalue weighted by Crippen LogP contribution is 2.30. The van der Waals surface area contributed by atoms with E-state index in [-0.39, 0.29) is 6.42 Å². The van der Waals surface area contributed by atoms with Crippen molar-refractivity contribution in [3.63, 3.8) is 0 Å². The van der Waals surface area contributed by atoms with Crippen molar-refractivity contribution in [2.45, 2.75) is 12.6 Å². The maximum atomic E-state index is 13.5. The maximum Gasteiger partial charge on any atom is 0.416 e. The summed E-state index contributed by atoms with van der Waals surface area (Å²) in [5.74, 6) is -1.72. The van der Waals surface area contributed by atoms with Gasteiger partial charge in [-0.3, -0.25) is 9.48 Å². The summed E-state index contributed by atoms with van der Waals surface area (Å²) in [6, 6.07) is 3.32. The lowest BCUT2D eigenvalue weighted by Crippen LogP contribution is -2.11. The fraction of sp³-hybridized carbons (Fsp3) is 0.231. The van der Waals surface area contributed by atoms with Gasteiger partial charge in [-0.2, -0.15) is 18.3 Å². The van der Waals surface area contributed by atoms with E-state index in [9.17, 15) is 22.4 Å². The number of ketones is 1. The molecule has 106 valence electrons. The number of hydrogen-bond acceptors (Lipinski definition) is 2. The highest BCUT2D eigenvalue weighted by atomic mass is 19.4. The number of carbonyl (C=O) groups is 1. The second-order valence-electron chi connectivity index (χ2n) is 4.27. The van der Waals surface area contributed by atoms with Gasteiger partial charge in [0.15, 0.2) is 5.78 Å². The van der Waals surface area contributed by atoms with Crippen molar-refractivity contribution in [3.8, 4) is 0 Å². The molecule has 2 aromatic rings. The van der Waals surface area contributed by atoms with Crippen LogP contribution in [0.15, 0.2) is 30.5 Å². The molecule has 0 aliphatic heterocycles. The summed E-state index contributed by atoms with van der Waals surface area (Å²) in [6.07, 6.45) is -3.28. The Morgan fingerprint density at radius 2 is 2.00 bits per heavy atom. The van der Waals surface area contributed by atoms with E-state index in [0.29, 0.717) is 23.9 Å². The molecule has 2 rings (SSSR count). The number of benzene rings is 1. The number of alkyl halides is 3. The largest absolute Gasteiger partial charge is 0.416 e. The Balaban J connectivity index is 2.29. The molecule has 7 heteroatoms. The van der Waals surface area contributed by atoms with Gasteiger partial charge >= 0.3 is 6.18 Å². The topological polar surface area (TPSA) is 34.9 Å². The highest BCUT2D eigenvalue weighted by Gasteiger charge is 2.31. The molecule has 0 unspecified atom stereocenters. The molecule has 0 fully saturated rings. The van der Waals surface area contributed by atoms with Gasteiger partial charge in [0.25, 0.3) is 0 Å². The second-order valence-corrected chi connectivity index (χ2v) is 4.27. The summed E-state index contributed by atoms with van der Waals surface area (Å²) in [7, 11) is 1.64. The van der Waals surface area contributed by atoms with E-state index in [1.54, 1.807) is 19.3 Å². The summed E-state index contributed by atoms with van der Waals surface area (Å²) in [6.45, 7) is 0. The summed E-state index contributed by atoms with van der Waals surface area (Å²) < 4.78 is 52.6. The average molecular weight is 286 g/mol. The van der Waals surface area contributed by atoms with Gasteiger partial charge in [0.1, 0.15) is 5.82 Å². The van der Waals surface area contributed by atoms with Gasteiger partial charge in [0, 0.05) is 13.2 Å². The summed E-state index contributed by atoms with van der Waals surface area (Å²) in [5.41, 5.74) is -1.26. The molecule has 1 aromatic heterocycles. The van der Waals surface area contributed by atoms with E-state index in [0.717, 1.165) is 0 Å². The van der Waals surface area contributed by atoms with E-state index in [1.165, 1.54) is 4.68 Å². The lowest BCUT2D eigenvalue weighted by molar-refractivity contribution is -0.137. The van der Waals surface area contributed by atoms with Crippen molar-refractivity contribution in [2.75, 3.05) is 0 Å². The van der Waals surface area contributed by atoms with E-state index in [1.807, 2.05) is 0 Å². The number of aryl methyl sites for hydroxylation is 1. The third-order valence-corrected chi connectivity index (χ3v) is 2.70. The number of hydrogen-bond donors (Lipinski definition) is 0. The molecule has 0 spiro atoms. The number of rotatable bonds is 3. The molecule has 0 atom stereocenters. The Morgan fingerprint density at radius 1 is 1.30 bits per heavy atom. The predicted octanol–water partition coefficient (Wildman–Crippen LogP) is 3.00. The fourth-order valence-electron chi connectivity index (χ4n) is 1.73. The number of Topliss-reactive ketones (excluding diaryl/α,β-unsaturated/α-hetero) is 1. The second kappa shape index (κ2) is 5.07. The summed E-state index contributed by atoms with van der Waals surface area (Å²) >= 11 is 0. The first kappa shape index (κ1) is 14.2. The number of nitrogens with zero attached hydrogens (tertiary/aromatic N) is 2. The molecule has 0 bridgehead atoms. The van der Waals surface area contributed by atoms with Gasteiger partial charge in [-0.25, -0.2) is 4.39 Å². The van der Waals surface area contributed by atoms with Crippen molar-refractivity contribution >= 4 is 5.78 Å².